The summed E-state index contributed by atoms with van der Waals surface area (Å²) in [5.41, 5.74) is 0.967. The van der Waals surface area contributed by atoms with E-state index >= 15 is 0 Å². The van der Waals surface area contributed by atoms with E-state index in [-0.39, 0.29) is 17.3 Å². The van der Waals surface area contributed by atoms with Crippen LogP contribution in [0.2, 0.25) is 0 Å². The second-order valence-corrected chi connectivity index (χ2v) is 6.07. The van der Waals surface area contributed by atoms with Gasteiger partial charge in [-0.1, -0.05) is 6.07 Å². The fourth-order valence-corrected chi connectivity index (χ4v) is 2.47. The highest BCUT2D eigenvalue weighted by molar-refractivity contribution is 6.03. The van der Waals surface area contributed by atoms with Crippen LogP contribution in [0.25, 0.3) is 0 Å². The molecule has 1 amide bonds. The molecule has 2 aromatic carbocycles. The number of aryl methyl sites for hydroxylation is 1. The molecule has 0 spiro atoms. The van der Waals surface area contributed by atoms with Gasteiger partial charge in [-0.05, 0) is 55.5 Å². The molecule has 0 radical (unpaired) electrons. The van der Waals surface area contributed by atoms with Crippen LogP contribution in [0.3, 0.4) is 0 Å². The van der Waals surface area contributed by atoms with Gasteiger partial charge in [0, 0.05) is 17.1 Å². The Labute approximate surface area is 164 Å². The minimum absolute atomic E-state index is 0.0383. The lowest BCUT2D eigenvalue weighted by molar-refractivity contribution is -0.137. The molecule has 146 valence electrons. The summed E-state index contributed by atoms with van der Waals surface area (Å²) < 4.78 is 37.9. The Hall–Kier alpha value is -3.93. The number of benzene rings is 2. The minimum Gasteiger partial charge on any atom is -0.324 e. The van der Waals surface area contributed by atoms with Crippen LogP contribution in [-0.4, -0.2) is 15.9 Å². The fraction of sp³-hybridized carbons (Fsp3) is 0.100. The van der Waals surface area contributed by atoms with Gasteiger partial charge >= 0.3 is 6.18 Å². The quantitative estimate of drug-likeness (QED) is 0.668. The average molecular weight is 397 g/mol. The highest BCUT2D eigenvalue weighted by Crippen LogP contribution is 2.29. The smallest absolute Gasteiger partial charge is 0.324 e. The van der Waals surface area contributed by atoms with Gasteiger partial charge in [0.1, 0.15) is 5.69 Å². The number of anilines is 3. The summed E-state index contributed by atoms with van der Waals surface area (Å²) in [6, 6.07) is 14.2. The van der Waals surface area contributed by atoms with E-state index in [9.17, 15) is 18.0 Å². The van der Waals surface area contributed by atoms with Crippen molar-refractivity contribution in [3.63, 3.8) is 0 Å². The zero-order valence-electron chi connectivity index (χ0n) is 15.1. The number of amides is 1. The number of carbonyl (C=O) groups excluding carboxylic acids is 1. The molecule has 29 heavy (non-hydrogen) atoms. The predicted molar refractivity (Wildman–Crippen MR) is 101 cm³/mol. The third kappa shape index (κ3) is 5.07. The van der Waals surface area contributed by atoms with Crippen LogP contribution < -0.4 is 10.6 Å². The van der Waals surface area contributed by atoms with Gasteiger partial charge in [-0.2, -0.15) is 18.4 Å². The lowest BCUT2D eigenvalue weighted by atomic mass is 10.2. The first kappa shape index (κ1) is 19.8. The number of nitrogens with zero attached hydrogens (tertiary/aromatic N) is 3. The Morgan fingerprint density at radius 3 is 2.41 bits per heavy atom. The van der Waals surface area contributed by atoms with E-state index in [1.165, 1.54) is 18.2 Å². The van der Waals surface area contributed by atoms with Gasteiger partial charge in [0.25, 0.3) is 5.91 Å². The van der Waals surface area contributed by atoms with Gasteiger partial charge in [0.15, 0.2) is 0 Å². The maximum Gasteiger partial charge on any atom is 0.416 e. The molecule has 3 aromatic rings. The Morgan fingerprint density at radius 2 is 1.76 bits per heavy atom. The molecule has 0 fully saturated rings. The molecule has 2 N–H and O–H groups in total. The van der Waals surface area contributed by atoms with Crippen LogP contribution in [0.4, 0.5) is 30.5 Å². The molecule has 0 unspecified atom stereocenters. The molecule has 9 heteroatoms. The second-order valence-electron chi connectivity index (χ2n) is 6.07. The summed E-state index contributed by atoms with van der Waals surface area (Å²) in [6.45, 7) is 1.67. The number of hydrogen-bond donors (Lipinski definition) is 2. The molecule has 0 aliphatic rings. The number of hydrogen-bond acceptors (Lipinski definition) is 5. The van der Waals surface area contributed by atoms with Gasteiger partial charge in [-0.25, -0.2) is 9.97 Å². The summed E-state index contributed by atoms with van der Waals surface area (Å²) in [6.07, 6.45) is -4.45. The molecule has 0 saturated carbocycles. The van der Waals surface area contributed by atoms with Gasteiger partial charge in [-0.3, -0.25) is 4.79 Å². The van der Waals surface area contributed by atoms with E-state index in [2.05, 4.69) is 20.6 Å². The zero-order valence-corrected chi connectivity index (χ0v) is 15.1. The van der Waals surface area contributed by atoms with E-state index in [1.807, 2.05) is 6.07 Å². The number of carbonyl (C=O) groups is 1. The SMILES string of the molecule is Cc1cc(C(=O)Nc2ccc(C(F)(F)F)cc2)nc(Nc2cccc(C#N)c2)n1. The Bertz CT molecular complexity index is 1090. The van der Waals surface area contributed by atoms with Crippen molar-refractivity contribution in [3.8, 4) is 6.07 Å². The van der Waals surface area contributed by atoms with Crippen LogP contribution in [0, 0.1) is 18.3 Å². The average Bonchev–Trinajstić information content (AvgIpc) is 2.67. The molecular weight excluding hydrogens is 383 g/mol. The number of rotatable bonds is 4. The van der Waals surface area contributed by atoms with E-state index in [0.717, 1.165) is 12.1 Å². The van der Waals surface area contributed by atoms with E-state index < -0.39 is 17.6 Å². The van der Waals surface area contributed by atoms with E-state index in [0.29, 0.717) is 16.9 Å². The van der Waals surface area contributed by atoms with Crippen molar-refractivity contribution in [3.05, 3.63) is 77.1 Å². The third-order valence-corrected chi connectivity index (χ3v) is 3.80. The van der Waals surface area contributed by atoms with Crippen molar-refractivity contribution in [2.75, 3.05) is 10.6 Å². The minimum atomic E-state index is -4.45. The van der Waals surface area contributed by atoms with Crippen molar-refractivity contribution in [2.45, 2.75) is 13.1 Å². The second kappa shape index (κ2) is 7.98. The van der Waals surface area contributed by atoms with Crippen molar-refractivity contribution < 1.29 is 18.0 Å². The number of alkyl halides is 3. The molecule has 1 heterocycles. The Morgan fingerprint density at radius 1 is 1.03 bits per heavy atom. The van der Waals surface area contributed by atoms with Crippen molar-refractivity contribution >= 4 is 23.2 Å². The summed E-state index contributed by atoms with van der Waals surface area (Å²) in [5, 5.41) is 14.4. The van der Waals surface area contributed by atoms with Crippen LogP contribution in [-0.2, 0) is 6.18 Å². The molecule has 0 aliphatic heterocycles. The molecule has 1 aromatic heterocycles. The predicted octanol–water partition coefficient (Wildman–Crippen LogP) is 4.67. The van der Waals surface area contributed by atoms with Crippen LogP contribution in [0.5, 0.6) is 0 Å². The first-order chi connectivity index (χ1) is 13.7. The van der Waals surface area contributed by atoms with Crippen molar-refractivity contribution in [1.29, 1.82) is 5.26 Å². The monoisotopic (exact) mass is 397 g/mol. The molecule has 3 rings (SSSR count). The topological polar surface area (TPSA) is 90.7 Å². The first-order valence-electron chi connectivity index (χ1n) is 8.36. The molecular formula is C20H14F3N5O. The molecule has 6 nitrogen and oxygen atoms in total. The van der Waals surface area contributed by atoms with Gasteiger partial charge < -0.3 is 10.6 Å². The molecule has 0 atom stereocenters. The van der Waals surface area contributed by atoms with Crippen LogP contribution >= 0.6 is 0 Å². The zero-order chi connectivity index (χ0) is 21.0. The molecule has 0 saturated heterocycles. The first-order valence-corrected chi connectivity index (χ1v) is 8.36. The largest absolute Gasteiger partial charge is 0.416 e. The molecule has 0 aliphatic carbocycles. The normalized spacial score (nSPS) is 10.9. The standard InChI is InChI=1S/C20H14F3N5O/c1-12-9-17(18(29)26-15-7-5-14(6-8-15)20(21,22)23)28-19(25-12)27-16-4-2-3-13(10-16)11-24/h2-10H,1H3,(H,26,29)(H,25,27,28). The van der Waals surface area contributed by atoms with Crippen molar-refractivity contribution in [1.82, 2.24) is 9.97 Å². The van der Waals surface area contributed by atoms with E-state index in [4.69, 9.17) is 5.26 Å². The maximum atomic E-state index is 12.6. The Balaban J connectivity index is 1.78. The fourth-order valence-electron chi connectivity index (χ4n) is 2.47. The van der Waals surface area contributed by atoms with Crippen molar-refractivity contribution in [2.24, 2.45) is 0 Å². The summed E-state index contributed by atoms with van der Waals surface area (Å²) in [7, 11) is 0. The highest BCUT2D eigenvalue weighted by atomic mass is 19.4. The lowest BCUT2D eigenvalue weighted by Gasteiger charge is -2.10. The summed E-state index contributed by atoms with van der Waals surface area (Å²) in [4.78, 5) is 20.8. The molecule has 0 bridgehead atoms. The number of halogens is 3. The van der Waals surface area contributed by atoms with Crippen LogP contribution in [0.15, 0.2) is 54.6 Å². The highest BCUT2D eigenvalue weighted by Gasteiger charge is 2.30. The lowest BCUT2D eigenvalue weighted by Crippen LogP contribution is -2.15. The summed E-state index contributed by atoms with van der Waals surface area (Å²) in [5.74, 6) is -0.443. The van der Waals surface area contributed by atoms with Gasteiger partial charge in [0.2, 0.25) is 5.95 Å². The van der Waals surface area contributed by atoms with Gasteiger partial charge in [-0.15, -0.1) is 0 Å². The number of aromatic nitrogens is 2. The van der Waals surface area contributed by atoms with E-state index in [1.54, 1.807) is 31.2 Å². The number of nitrogens with one attached hydrogen (secondary N) is 2. The Kier molecular flexibility index (Phi) is 5.45. The third-order valence-electron chi connectivity index (χ3n) is 3.80. The van der Waals surface area contributed by atoms with Gasteiger partial charge in [0.05, 0.1) is 17.2 Å². The number of nitriles is 1. The summed E-state index contributed by atoms with van der Waals surface area (Å²) >= 11 is 0. The van der Waals surface area contributed by atoms with Crippen LogP contribution in [0.1, 0.15) is 27.3 Å². The maximum absolute atomic E-state index is 12.6.